The molecule has 1 aromatic heterocycles. The van der Waals surface area contributed by atoms with Gasteiger partial charge in [0.2, 0.25) is 10.0 Å². The van der Waals surface area contributed by atoms with Gasteiger partial charge in [-0.1, -0.05) is 23.2 Å². The molecule has 0 saturated heterocycles. The first kappa shape index (κ1) is 19.1. The van der Waals surface area contributed by atoms with E-state index in [1.807, 2.05) is 18.4 Å². The number of aromatic nitrogens is 2. The van der Waals surface area contributed by atoms with Crippen molar-refractivity contribution in [3.05, 3.63) is 40.1 Å². The van der Waals surface area contributed by atoms with Gasteiger partial charge in [-0.05, 0) is 39.0 Å². The van der Waals surface area contributed by atoms with Crippen LogP contribution in [0.2, 0.25) is 10.0 Å². The van der Waals surface area contributed by atoms with E-state index in [4.69, 9.17) is 27.9 Å². The highest BCUT2D eigenvalue weighted by Crippen LogP contribution is 2.26. The second kappa shape index (κ2) is 7.74. The number of imidazole rings is 1. The Morgan fingerprint density at radius 1 is 1.29 bits per heavy atom. The first-order valence-electron chi connectivity index (χ1n) is 7.45. The molecule has 1 unspecified atom stereocenters. The van der Waals surface area contributed by atoms with E-state index in [-0.39, 0.29) is 9.92 Å². The van der Waals surface area contributed by atoms with Gasteiger partial charge in [-0.15, -0.1) is 0 Å². The van der Waals surface area contributed by atoms with Crippen molar-refractivity contribution in [1.82, 2.24) is 14.3 Å². The number of rotatable bonds is 7. The van der Waals surface area contributed by atoms with Gasteiger partial charge in [0.1, 0.15) is 0 Å². The largest absolute Gasteiger partial charge is 0.465 e. The molecule has 132 valence electrons. The van der Waals surface area contributed by atoms with Crippen LogP contribution in [-0.2, 0) is 16.6 Å². The Hall–Kier alpha value is -1.28. The van der Waals surface area contributed by atoms with E-state index in [0.717, 1.165) is 0 Å². The van der Waals surface area contributed by atoms with E-state index in [1.54, 1.807) is 13.1 Å². The molecular formula is C15H19Cl2N3O3S. The third-order valence-electron chi connectivity index (χ3n) is 3.42. The van der Waals surface area contributed by atoms with Gasteiger partial charge in [0.15, 0.2) is 0 Å². The molecule has 24 heavy (non-hydrogen) atoms. The molecule has 1 N–H and O–H groups in total. The number of halogens is 2. The van der Waals surface area contributed by atoms with Crippen LogP contribution in [0.5, 0.6) is 6.01 Å². The molecule has 0 amide bonds. The highest BCUT2D eigenvalue weighted by molar-refractivity contribution is 7.89. The van der Waals surface area contributed by atoms with Gasteiger partial charge in [0.25, 0.3) is 6.01 Å². The molecule has 1 heterocycles. The topological polar surface area (TPSA) is 73.2 Å². The van der Waals surface area contributed by atoms with Gasteiger partial charge < -0.3 is 4.74 Å². The Morgan fingerprint density at radius 2 is 2.00 bits per heavy atom. The first-order chi connectivity index (χ1) is 11.3. The first-order valence-corrected chi connectivity index (χ1v) is 9.69. The molecule has 0 spiro atoms. The van der Waals surface area contributed by atoms with Crippen LogP contribution in [0.25, 0.3) is 0 Å². The van der Waals surface area contributed by atoms with E-state index >= 15 is 0 Å². The lowest BCUT2D eigenvalue weighted by Gasteiger charge is -2.17. The summed E-state index contributed by atoms with van der Waals surface area (Å²) in [5, 5.41) is 0.485. The molecule has 0 saturated carbocycles. The summed E-state index contributed by atoms with van der Waals surface area (Å²) >= 11 is 11.7. The molecule has 0 bridgehead atoms. The number of hydrogen-bond donors (Lipinski definition) is 1. The second-order valence-corrected chi connectivity index (χ2v) is 7.59. The van der Waals surface area contributed by atoms with Crippen molar-refractivity contribution < 1.29 is 13.2 Å². The van der Waals surface area contributed by atoms with E-state index in [2.05, 4.69) is 9.71 Å². The zero-order valence-electron chi connectivity index (χ0n) is 13.6. The summed E-state index contributed by atoms with van der Waals surface area (Å²) in [5.41, 5.74) is 0.713. The van der Waals surface area contributed by atoms with Crippen LogP contribution in [0.3, 0.4) is 0 Å². The van der Waals surface area contributed by atoms with E-state index in [0.29, 0.717) is 29.9 Å². The van der Waals surface area contributed by atoms with Gasteiger partial charge in [-0.3, -0.25) is 4.57 Å². The van der Waals surface area contributed by atoms with Crippen molar-refractivity contribution >= 4 is 33.2 Å². The number of benzene rings is 1. The highest BCUT2D eigenvalue weighted by Gasteiger charge is 2.22. The molecule has 1 aromatic carbocycles. The third-order valence-corrected chi connectivity index (χ3v) is 5.69. The summed E-state index contributed by atoms with van der Waals surface area (Å²) in [5.74, 6) is 0. The number of sulfonamides is 1. The quantitative estimate of drug-likeness (QED) is 0.781. The fourth-order valence-electron chi connectivity index (χ4n) is 2.28. The van der Waals surface area contributed by atoms with Crippen molar-refractivity contribution in [1.29, 1.82) is 0 Å². The third kappa shape index (κ3) is 4.03. The Labute approximate surface area is 151 Å². The summed E-state index contributed by atoms with van der Waals surface area (Å²) in [4.78, 5) is 4.25. The van der Waals surface area contributed by atoms with Gasteiger partial charge >= 0.3 is 0 Å². The van der Waals surface area contributed by atoms with Crippen LogP contribution in [0.15, 0.2) is 29.3 Å². The highest BCUT2D eigenvalue weighted by atomic mass is 35.5. The van der Waals surface area contributed by atoms with Crippen LogP contribution in [0.4, 0.5) is 0 Å². The minimum Gasteiger partial charge on any atom is -0.465 e. The average molecular weight is 392 g/mol. The van der Waals surface area contributed by atoms with Crippen molar-refractivity contribution in [2.75, 3.05) is 6.61 Å². The second-order valence-electron chi connectivity index (χ2n) is 5.06. The standard InChI is InChI=1S/C15H19Cl2N3O3S/c1-4-20-14(9-18-15(20)23-5-2)10(3)19-24(21,22)11-6-7-12(16)13(17)8-11/h6-10,19H,4-5H2,1-3H3. The van der Waals surface area contributed by atoms with Crippen molar-refractivity contribution in [3.8, 4) is 6.01 Å². The van der Waals surface area contributed by atoms with E-state index < -0.39 is 16.1 Å². The fourth-order valence-corrected chi connectivity index (χ4v) is 3.89. The molecule has 0 radical (unpaired) electrons. The summed E-state index contributed by atoms with van der Waals surface area (Å²) in [6, 6.07) is 4.15. The Kier molecular flexibility index (Phi) is 6.14. The maximum Gasteiger partial charge on any atom is 0.296 e. The Morgan fingerprint density at radius 3 is 2.58 bits per heavy atom. The predicted molar refractivity (Wildman–Crippen MR) is 94.3 cm³/mol. The smallest absolute Gasteiger partial charge is 0.296 e. The molecule has 0 aliphatic heterocycles. The molecule has 0 aliphatic carbocycles. The summed E-state index contributed by atoms with van der Waals surface area (Å²) in [7, 11) is -3.75. The molecule has 0 aliphatic rings. The normalized spacial score (nSPS) is 13.0. The Balaban J connectivity index is 2.28. The lowest BCUT2D eigenvalue weighted by atomic mass is 10.3. The van der Waals surface area contributed by atoms with Gasteiger partial charge in [0, 0.05) is 6.54 Å². The van der Waals surface area contributed by atoms with Crippen LogP contribution < -0.4 is 9.46 Å². The zero-order chi connectivity index (χ0) is 17.9. The lowest BCUT2D eigenvalue weighted by Crippen LogP contribution is -2.28. The van der Waals surface area contributed by atoms with Crippen molar-refractivity contribution in [2.45, 2.75) is 38.3 Å². The molecule has 0 fully saturated rings. The number of hydrogen-bond acceptors (Lipinski definition) is 4. The number of nitrogens with zero attached hydrogens (tertiary/aromatic N) is 2. The summed E-state index contributed by atoms with van der Waals surface area (Å²) in [6.45, 7) is 6.65. The molecule has 9 heteroatoms. The van der Waals surface area contributed by atoms with Gasteiger partial charge in [-0.25, -0.2) is 18.1 Å². The Bertz CT molecular complexity index is 821. The molecule has 6 nitrogen and oxygen atoms in total. The van der Waals surface area contributed by atoms with Crippen LogP contribution in [-0.4, -0.2) is 24.6 Å². The molecule has 2 rings (SSSR count). The van der Waals surface area contributed by atoms with Crippen LogP contribution in [0.1, 0.15) is 32.5 Å². The van der Waals surface area contributed by atoms with Crippen LogP contribution in [0, 0.1) is 0 Å². The zero-order valence-corrected chi connectivity index (χ0v) is 15.9. The number of ether oxygens (including phenoxy) is 1. The minimum atomic E-state index is -3.75. The maximum absolute atomic E-state index is 12.5. The number of nitrogens with one attached hydrogen (secondary N) is 1. The summed E-state index contributed by atoms with van der Waals surface area (Å²) in [6.07, 6.45) is 1.61. The SMILES string of the molecule is CCOc1ncc(C(C)NS(=O)(=O)c2ccc(Cl)c(Cl)c2)n1CC. The minimum absolute atomic E-state index is 0.0522. The van der Waals surface area contributed by atoms with E-state index in [9.17, 15) is 8.42 Å². The van der Waals surface area contributed by atoms with Crippen molar-refractivity contribution in [2.24, 2.45) is 0 Å². The fraction of sp³-hybridized carbons (Fsp3) is 0.400. The summed E-state index contributed by atoms with van der Waals surface area (Å²) < 4.78 is 35.0. The van der Waals surface area contributed by atoms with Gasteiger partial charge in [0.05, 0.1) is 39.5 Å². The molecule has 1 atom stereocenters. The monoisotopic (exact) mass is 391 g/mol. The predicted octanol–water partition coefficient (Wildman–Crippen LogP) is 3.65. The molecular weight excluding hydrogens is 373 g/mol. The van der Waals surface area contributed by atoms with E-state index in [1.165, 1.54) is 18.2 Å². The maximum atomic E-state index is 12.5. The van der Waals surface area contributed by atoms with Crippen LogP contribution >= 0.6 is 23.2 Å². The molecule has 2 aromatic rings. The average Bonchev–Trinajstić information content (AvgIpc) is 2.92. The van der Waals surface area contributed by atoms with Gasteiger partial charge in [-0.2, -0.15) is 0 Å². The van der Waals surface area contributed by atoms with Crippen molar-refractivity contribution in [3.63, 3.8) is 0 Å². The lowest BCUT2D eigenvalue weighted by molar-refractivity contribution is 0.295.